The van der Waals surface area contributed by atoms with Crippen molar-refractivity contribution >= 4 is 45.7 Å². The first kappa shape index (κ1) is 22.8. The van der Waals surface area contributed by atoms with Gasteiger partial charge in [0, 0.05) is 24.0 Å². The highest BCUT2D eigenvalue weighted by atomic mass is 35.5. The number of nitrogens with zero attached hydrogens (tertiary/aromatic N) is 4. The molecule has 0 saturated heterocycles. The number of hydrogen-bond acceptors (Lipinski definition) is 6. The molecule has 3 heterocycles. The summed E-state index contributed by atoms with van der Waals surface area (Å²) in [5.41, 5.74) is 2.49. The molecule has 5 rings (SSSR count). The maximum absolute atomic E-state index is 12.3. The van der Waals surface area contributed by atoms with Crippen LogP contribution >= 0.6 is 22.9 Å². The minimum absolute atomic E-state index is 0.0579. The molecule has 176 valence electrons. The van der Waals surface area contributed by atoms with Crippen molar-refractivity contribution in [3.8, 4) is 5.69 Å². The Balaban J connectivity index is 1.46. The van der Waals surface area contributed by atoms with Crippen LogP contribution in [-0.4, -0.2) is 38.7 Å². The van der Waals surface area contributed by atoms with Gasteiger partial charge in [0.2, 0.25) is 0 Å². The van der Waals surface area contributed by atoms with Crippen molar-refractivity contribution in [1.29, 1.82) is 0 Å². The molecule has 1 aliphatic rings. The number of amides is 1. The van der Waals surface area contributed by atoms with E-state index in [4.69, 9.17) is 26.7 Å². The van der Waals surface area contributed by atoms with Gasteiger partial charge in [-0.15, -0.1) is 11.3 Å². The van der Waals surface area contributed by atoms with E-state index in [1.807, 2.05) is 53.4 Å². The van der Waals surface area contributed by atoms with Crippen molar-refractivity contribution in [2.24, 2.45) is 0 Å². The number of thiophene rings is 1. The summed E-state index contributed by atoms with van der Waals surface area (Å²) in [5.74, 6) is 1.92. The molecule has 2 N–H and O–H groups in total. The zero-order valence-corrected chi connectivity index (χ0v) is 20.6. The second kappa shape index (κ2) is 10.1. The number of hydrogen-bond donors (Lipinski definition) is 2. The number of anilines is 1. The highest BCUT2D eigenvalue weighted by Gasteiger charge is 2.23. The first-order chi connectivity index (χ1) is 16.6. The van der Waals surface area contributed by atoms with Crippen LogP contribution in [-0.2, 0) is 0 Å². The van der Waals surface area contributed by atoms with Crippen molar-refractivity contribution in [2.45, 2.75) is 44.9 Å². The lowest BCUT2D eigenvalue weighted by atomic mass is 9.88. The molecule has 1 fully saturated rings. The van der Waals surface area contributed by atoms with E-state index in [1.165, 1.54) is 30.6 Å². The molecule has 0 unspecified atom stereocenters. The molecule has 9 heteroatoms. The number of aromatic nitrogens is 4. The molecule has 7 nitrogen and oxygen atoms in total. The summed E-state index contributed by atoms with van der Waals surface area (Å²) in [6, 6.07) is 11.3. The quantitative estimate of drug-likeness (QED) is 0.320. The highest BCUT2D eigenvalue weighted by Crippen LogP contribution is 2.34. The van der Waals surface area contributed by atoms with E-state index in [2.05, 4.69) is 10.6 Å². The average Bonchev–Trinajstić information content (AvgIpc) is 3.51. The lowest BCUT2D eigenvalue weighted by Gasteiger charge is -2.21. The van der Waals surface area contributed by atoms with Crippen molar-refractivity contribution in [3.05, 3.63) is 63.2 Å². The monoisotopic (exact) mass is 494 g/mol. The van der Waals surface area contributed by atoms with Gasteiger partial charge in [0.15, 0.2) is 5.65 Å². The summed E-state index contributed by atoms with van der Waals surface area (Å²) in [7, 11) is 0. The largest absolute Gasteiger partial charge is 0.368 e. The van der Waals surface area contributed by atoms with E-state index in [-0.39, 0.29) is 5.91 Å². The number of fused-ring (bicyclic) bond motifs is 1. The molecule has 0 radical (unpaired) electrons. The molecule has 0 atom stereocenters. The second-order valence-electron chi connectivity index (χ2n) is 8.60. The van der Waals surface area contributed by atoms with Crippen molar-refractivity contribution < 1.29 is 4.79 Å². The minimum Gasteiger partial charge on any atom is -0.368 e. The molecular formula is C25H27ClN6OS. The zero-order valence-electron chi connectivity index (χ0n) is 19.1. The Hall–Kier alpha value is -2.97. The van der Waals surface area contributed by atoms with Crippen LogP contribution in [0.2, 0.25) is 5.02 Å². The molecule has 3 aromatic heterocycles. The van der Waals surface area contributed by atoms with Crippen LogP contribution in [0.25, 0.3) is 16.7 Å². The first-order valence-corrected chi connectivity index (χ1v) is 12.9. The smallest absolute Gasteiger partial charge is 0.261 e. The van der Waals surface area contributed by atoms with E-state index < -0.39 is 0 Å². The molecule has 1 amide bonds. The summed E-state index contributed by atoms with van der Waals surface area (Å²) in [4.78, 5) is 22.9. The SMILES string of the molecule is Cc1nn(-c2cccc(Cl)c2)c2nc(C3CCCCC3)nc(NCCNC(=O)c3cccs3)c12. The van der Waals surface area contributed by atoms with Gasteiger partial charge in [-0.25, -0.2) is 14.6 Å². The fraction of sp³-hybridized carbons (Fsp3) is 0.360. The van der Waals surface area contributed by atoms with Gasteiger partial charge >= 0.3 is 0 Å². The maximum Gasteiger partial charge on any atom is 0.261 e. The molecule has 1 aliphatic carbocycles. The number of carbonyl (C=O) groups is 1. The van der Waals surface area contributed by atoms with Gasteiger partial charge in [0.05, 0.1) is 21.6 Å². The third-order valence-electron chi connectivity index (χ3n) is 6.19. The van der Waals surface area contributed by atoms with Crippen LogP contribution in [0.1, 0.15) is 59.2 Å². The van der Waals surface area contributed by atoms with E-state index in [9.17, 15) is 4.79 Å². The number of benzene rings is 1. The van der Waals surface area contributed by atoms with Gasteiger partial charge in [-0.05, 0) is 49.4 Å². The predicted octanol–water partition coefficient (Wildman–Crippen LogP) is 5.73. The Morgan fingerprint density at radius 1 is 1.15 bits per heavy atom. The molecule has 1 aromatic carbocycles. The third kappa shape index (κ3) is 4.79. The highest BCUT2D eigenvalue weighted by molar-refractivity contribution is 7.12. The van der Waals surface area contributed by atoms with Crippen LogP contribution in [0.5, 0.6) is 0 Å². The number of nitrogens with one attached hydrogen (secondary N) is 2. The lowest BCUT2D eigenvalue weighted by Crippen LogP contribution is -2.28. The van der Waals surface area contributed by atoms with Crippen molar-refractivity contribution in [3.63, 3.8) is 0 Å². The van der Waals surface area contributed by atoms with Gasteiger partial charge in [0.1, 0.15) is 11.6 Å². The summed E-state index contributed by atoms with van der Waals surface area (Å²) in [6.45, 7) is 3.01. The average molecular weight is 495 g/mol. The molecule has 1 saturated carbocycles. The Labute approximate surface area is 207 Å². The standard InChI is InChI=1S/C25H27ClN6OS/c1-16-21-23(27-12-13-28-25(33)20-11-6-14-34-20)29-22(17-7-3-2-4-8-17)30-24(21)32(31-16)19-10-5-9-18(26)15-19/h5-6,9-11,14-15,17H,2-4,7-8,12-13H2,1H3,(H,28,33)(H,27,29,30). The van der Waals surface area contributed by atoms with Crippen LogP contribution in [0.15, 0.2) is 41.8 Å². The van der Waals surface area contributed by atoms with Crippen molar-refractivity contribution in [2.75, 3.05) is 18.4 Å². The van der Waals surface area contributed by atoms with Crippen LogP contribution in [0.4, 0.5) is 5.82 Å². The number of halogens is 1. The van der Waals surface area contributed by atoms with Crippen LogP contribution in [0.3, 0.4) is 0 Å². The van der Waals surface area contributed by atoms with Gasteiger partial charge in [-0.1, -0.05) is 43.0 Å². The number of rotatable bonds is 7. The van der Waals surface area contributed by atoms with Gasteiger partial charge in [-0.2, -0.15) is 5.10 Å². The summed E-state index contributed by atoms with van der Waals surface area (Å²) in [6.07, 6.45) is 5.89. The molecule has 34 heavy (non-hydrogen) atoms. The number of aryl methyl sites for hydroxylation is 1. The Morgan fingerprint density at radius 3 is 2.76 bits per heavy atom. The van der Waals surface area contributed by atoms with Gasteiger partial charge in [-0.3, -0.25) is 4.79 Å². The molecule has 0 spiro atoms. The van der Waals surface area contributed by atoms with E-state index in [1.54, 1.807) is 0 Å². The second-order valence-corrected chi connectivity index (χ2v) is 9.99. The first-order valence-electron chi connectivity index (χ1n) is 11.7. The maximum atomic E-state index is 12.3. The predicted molar refractivity (Wildman–Crippen MR) is 137 cm³/mol. The Bertz CT molecular complexity index is 1300. The molecule has 0 bridgehead atoms. The topological polar surface area (TPSA) is 84.7 Å². The fourth-order valence-corrected chi connectivity index (χ4v) is 5.34. The Morgan fingerprint density at radius 2 is 2.00 bits per heavy atom. The Kier molecular flexibility index (Phi) is 6.78. The van der Waals surface area contributed by atoms with Crippen LogP contribution in [0, 0.1) is 6.92 Å². The van der Waals surface area contributed by atoms with E-state index >= 15 is 0 Å². The molecular weight excluding hydrogens is 468 g/mol. The van der Waals surface area contributed by atoms with Crippen LogP contribution < -0.4 is 10.6 Å². The zero-order chi connectivity index (χ0) is 23.5. The van der Waals surface area contributed by atoms with Crippen molar-refractivity contribution in [1.82, 2.24) is 25.1 Å². The van der Waals surface area contributed by atoms with Gasteiger partial charge in [0.25, 0.3) is 5.91 Å². The van der Waals surface area contributed by atoms with Gasteiger partial charge < -0.3 is 10.6 Å². The summed E-state index contributed by atoms with van der Waals surface area (Å²) in [5, 5.41) is 14.6. The number of carbonyl (C=O) groups excluding carboxylic acids is 1. The fourth-order valence-electron chi connectivity index (χ4n) is 4.51. The van der Waals surface area contributed by atoms with E-state index in [0.29, 0.717) is 28.9 Å². The van der Waals surface area contributed by atoms with E-state index in [0.717, 1.165) is 46.9 Å². The lowest BCUT2D eigenvalue weighted by molar-refractivity contribution is 0.0959. The minimum atomic E-state index is -0.0579. The molecule has 4 aromatic rings. The summed E-state index contributed by atoms with van der Waals surface area (Å²) >= 11 is 7.70. The summed E-state index contributed by atoms with van der Waals surface area (Å²) < 4.78 is 1.86. The molecule has 0 aliphatic heterocycles. The third-order valence-corrected chi connectivity index (χ3v) is 7.29. The normalized spacial score (nSPS) is 14.4.